The topological polar surface area (TPSA) is 74.8 Å². The average molecular weight is 384 g/mol. The van der Waals surface area contributed by atoms with Gasteiger partial charge in [0.15, 0.2) is 0 Å². The number of carbonyl (C=O) groups excluding carboxylic acids is 1. The summed E-state index contributed by atoms with van der Waals surface area (Å²) in [5.41, 5.74) is 2.57. The van der Waals surface area contributed by atoms with Crippen LogP contribution in [0.5, 0.6) is 5.75 Å². The first-order valence-corrected chi connectivity index (χ1v) is 10.2. The van der Waals surface area contributed by atoms with Crippen LogP contribution in [0.4, 0.5) is 0 Å². The van der Waals surface area contributed by atoms with Gasteiger partial charge in [0.05, 0.1) is 20.3 Å². The summed E-state index contributed by atoms with van der Waals surface area (Å²) in [6.45, 7) is 3.75. The number of carbonyl (C=O) groups is 1. The Labute approximate surface area is 164 Å². The first-order valence-electron chi connectivity index (χ1n) is 10.2. The summed E-state index contributed by atoms with van der Waals surface area (Å²) >= 11 is 0. The Morgan fingerprint density at radius 3 is 2.89 bits per heavy atom. The minimum atomic E-state index is -0.693. The van der Waals surface area contributed by atoms with E-state index < -0.39 is 5.41 Å². The van der Waals surface area contributed by atoms with E-state index in [2.05, 4.69) is 16.0 Å². The van der Waals surface area contributed by atoms with E-state index in [1.54, 1.807) is 7.11 Å². The molecule has 6 nitrogen and oxygen atoms in total. The molecular formula is C22H28N2O4. The smallest absolute Gasteiger partial charge is 0.319 e. The van der Waals surface area contributed by atoms with E-state index >= 15 is 0 Å². The summed E-state index contributed by atoms with van der Waals surface area (Å²) in [6.07, 6.45) is 2.10. The van der Waals surface area contributed by atoms with Gasteiger partial charge in [-0.3, -0.25) is 9.69 Å². The Bertz CT molecular complexity index is 936. The van der Waals surface area contributed by atoms with Gasteiger partial charge >= 0.3 is 5.97 Å². The number of aromatic nitrogens is 1. The summed E-state index contributed by atoms with van der Waals surface area (Å²) in [4.78, 5) is 19.4. The van der Waals surface area contributed by atoms with Crippen LogP contribution in [0.15, 0.2) is 18.2 Å². The molecular weight excluding hydrogens is 356 g/mol. The van der Waals surface area contributed by atoms with Crippen molar-refractivity contribution in [1.82, 2.24) is 9.88 Å². The Kier molecular flexibility index (Phi) is 4.00. The number of nitrogens with one attached hydrogen (secondary N) is 1. The quantitative estimate of drug-likeness (QED) is 0.794. The number of ether oxygens (including phenoxy) is 2. The molecule has 6 heteroatoms. The van der Waals surface area contributed by atoms with Crippen LogP contribution in [0.2, 0.25) is 0 Å². The van der Waals surface area contributed by atoms with E-state index in [9.17, 15) is 9.90 Å². The fourth-order valence-electron chi connectivity index (χ4n) is 6.30. The summed E-state index contributed by atoms with van der Waals surface area (Å²) in [5.74, 6) is 1.20. The maximum Gasteiger partial charge on any atom is 0.319 e. The number of fused-ring (bicyclic) bond motifs is 4. The van der Waals surface area contributed by atoms with Gasteiger partial charge in [-0.25, -0.2) is 0 Å². The Balaban J connectivity index is 1.73. The van der Waals surface area contributed by atoms with Gasteiger partial charge in [0.2, 0.25) is 0 Å². The van der Waals surface area contributed by atoms with E-state index in [0.717, 1.165) is 54.7 Å². The number of aliphatic hydroxyl groups excluding tert-OH is 1. The number of piperidine rings is 2. The zero-order chi connectivity index (χ0) is 19.6. The lowest BCUT2D eigenvalue weighted by Crippen LogP contribution is -2.67. The zero-order valence-corrected chi connectivity index (χ0v) is 16.7. The number of methoxy groups -OCH3 is 2. The molecule has 6 rings (SSSR count). The molecule has 3 fully saturated rings. The molecule has 0 spiro atoms. The molecule has 150 valence electrons. The lowest BCUT2D eigenvalue weighted by Gasteiger charge is -2.57. The van der Waals surface area contributed by atoms with Crippen molar-refractivity contribution < 1.29 is 19.4 Å². The van der Waals surface area contributed by atoms with Crippen molar-refractivity contribution in [3.8, 4) is 5.75 Å². The molecule has 1 aromatic heterocycles. The number of rotatable bonds is 3. The molecule has 0 amide bonds. The maximum absolute atomic E-state index is 13.3. The molecule has 1 saturated carbocycles. The van der Waals surface area contributed by atoms with Crippen LogP contribution in [0, 0.1) is 11.8 Å². The molecule has 4 bridgehead atoms. The fourth-order valence-corrected chi connectivity index (χ4v) is 6.30. The molecule has 6 unspecified atom stereocenters. The second-order valence-corrected chi connectivity index (χ2v) is 8.72. The number of hydrogen-bond donors (Lipinski definition) is 2. The van der Waals surface area contributed by atoms with Crippen LogP contribution in [0.25, 0.3) is 10.9 Å². The SMILES string of the molecule is COC(=O)C12CC3CN(CCc4c1[nH]c1ccc(OC)cc41)C2CC3C(C)O. The van der Waals surface area contributed by atoms with Gasteiger partial charge in [-0.2, -0.15) is 0 Å². The van der Waals surface area contributed by atoms with Gasteiger partial charge < -0.3 is 19.6 Å². The van der Waals surface area contributed by atoms with E-state index in [4.69, 9.17) is 9.47 Å². The normalized spacial score (nSPS) is 34.6. The first-order chi connectivity index (χ1) is 13.5. The van der Waals surface area contributed by atoms with Gasteiger partial charge in [0.1, 0.15) is 11.2 Å². The van der Waals surface area contributed by atoms with Gasteiger partial charge in [0, 0.05) is 35.7 Å². The minimum Gasteiger partial charge on any atom is -0.497 e. The molecule has 2 N–H and O–H groups in total. The third-order valence-corrected chi connectivity index (χ3v) is 7.54. The van der Waals surface area contributed by atoms with E-state index in [-0.39, 0.29) is 30.0 Å². The molecule has 28 heavy (non-hydrogen) atoms. The van der Waals surface area contributed by atoms with Crippen molar-refractivity contribution in [2.45, 2.75) is 43.7 Å². The number of aliphatic hydroxyl groups is 1. The molecule has 1 aromatic carbocycles. The molecule has 2 saturated heterocycles. The highest BCUT2D eigenvalue weighted by Crippen LogP contribution is 2.55. The number of esters is 1. The second-order valence-electron chi connectivity index (χ2n) is 8.72. The second kappa shape index (κ2) is 6.22. The van der Waals surface area contributed by atoms with Crippen LogP contribution < -0.4 is 4.74 Å². The van der Waals surface area contributed by atoms with Crippen molar-refractivity contribution in [2.24, 2.45) is 11.8 Å². The predicted molar refractivity (Wildman–Crippen MR) is 106 cm³/mol. The third-order valence-electron chi connectivity index (χ3n) is 7.54. The largest absolute Gasteiger partial charge is 0.497 e. The van der Waals surface area contributed by atoms with Gasteiger partial charge in [-0.05, 0) is 61.8 Å². The summed E-state index contributed by atoms with van der Waals surface area (Å²) in [6, 6.07) is 6.11. The maximum atomic E-state index is 13.3. The average Bonchev–Trinajstić information content (AvgIpc) is 3.05. The summed E-state index contributed by atoms with van der Waals surface area (Å²) in [7, 11) is 3.17. The minimum absolute atomic E-state index is 0.0563. The first kappa shape index (κ1) is 18.0. The summed E-state index contributed by atoms with van der Waals surface area (Å²) in [5, 5.41) is 11.5. The van der Waals surface area contributed by atoms with Crippen LogP contribution in [-0.2, 0) is 21.4 Å². The number of H-pyrrole nitrogens is 1. The number of aromatic amines is 1. The highest BCUT2D eigenvalue weighted by Gasteiger charge is 2.62. The van der Waals surface area contributed by atoms with Gasteiger partial charge in [-0.1, -0.05) is 0 Å². The van der Waals surface area contributed by atoms with Crippen molar-refractivity contribution in [1.29, 1.82) is 0 Å². The number of nitrogens with zero attached hydrogens (tertiary/aromatic N) is 1. The van der Waals surface area contributed by atoms with E-state index in [1.807, 2.05) is 19.1 Å². The molecule has 2 aromatic rings. The molecule has 6 atom stereocenters. The highest BCUT2D eigenvalue weighted by atomic mass is 16.5. The Morgan fingerprint density at radius 2 is 2.21 bits per heavy atom. The predicted octanol–water partition coefficient (Wildman–Crippen LogP) is 2.23. The molecule has 4 aliphatic rings. The van der Waals surface area contributed by atoms with Crippen molar-refractivity contribution in [2.75, 3.05) is 27.3 Å². The van der Waals surface area contributed by atoms with Crippen LogP contribution in [0.1, 0.15) is 31.0 Å². The summed E-state index contributed by atoms with van der Waals surface area (Å²) < 4.78 is 10.8. The Morgan fingerprint density at radius 1 is 1.39 bits per heavy atom. The zero-order valence-electron chi connectivity index (χ0n) is 16.7. The monoisotopic (exact) mass is 384 g/mol. The highest BCUT2D eigenvalue weighted by molar-refractivity contribution is 5.92. The number of hydrogen-bond acceptors (Lipinski definition) is 5. The standard InChI is InChI=1S/C22H28N2O4/c1-12(25)16-9-19-22(21(26)28-3)10-13(16)11-24(19)7-6-15-17-8-14(27-2)4-5-18(17)23-20(15)22/h4-5,8,12-13,16,19,23,25H,6-7,9-11H2,1-3H3. The molecule has 3 aliphatic heterocycles. The fraction of sp³-hybridized carbons (Fsp3) is 0.591. The van der Waals surface area contributed by atoms with Gasteiger partial charge in [0.25, 0.3) is 0 Å². The van der Waals surface area contributed by atoms with E-state index in [1.165, 1.54) is 12.7 Å². The lowest BCUT2D eigenvalue weighted by molar-refractivity contribution is -0.164. The lowest BCUT2D eigenvalue weighted by atomic mass is 9.56. The van der Waals surface area contributed by atoms with Crippen molar-refractivity contribution in [3.05, 3.63) is 29.5 Å². The molecule has 4 heterocycles. The third kappa shape index (κ3) is 2.25. The van der Waals surface area contributed by atoms with Crippen LogP contribution in [0.3, 0.4) is 0 Å². The number of benzene rings is 1. The molecule has 1 aliphatic carbocycles. The van der Waals surface area contributed by atoms with Crippen LogP contribution >= 0.6 is 0 Å². The van der Waals surface area contributed by atoms with Crippen molar-refractivity contribution >= 4 is 16.9 Å². The Hall–Kier alpha value is -2.05. The molecule has 0 radical (unpaired) electrons. The van der Waals surface area contributed by atoms with Crippen LogP contribution in [-0.4, -0.2) is 60.4 Å². The van der Waals surface area contributed by atoms with Gasteiger partial charge in [-0.15, -0.1) is 0 Å². The van der Waals surface area contributed by atoms with Crippen molar-refractivity contribution in [3.63, 3.8) is 0 Å². The van der Waals surface area contributed by atoms with E-state index in [0.29, 0.717) is 0 Å².